The largest absolute Gasteiger partial charge is 0.0843 e. The number of benzene rings is 2. The minimum Gasteiger partial charge on any atom is -0.0843 e. The summed E-state index contributed by atoms with van der Waals surface area (Å²) in [7, 11) is 0. The van der Waals surface area contributed by atoms with Crippen LogP contribution >= 0.6 is 23.2 Å². The Morgan fingerprint density at radius 3 is 2.06 bits per heavy atom. The molecule has 82 valence electrons. The molecular formula is C14H12Cl2. The smallest absolute Gasteiger partial charge is 0.0444 e. The highest BCUT2D eigenvalue weighted by Gasteiger charge is 2.02. The molecule has 16 heavy (non-hydrogen) atoms. The fraction of sp³-hybridized carbons (Fsp3) is 0.143. The molecule has 2 aromatic carbocycles. The maximum absolute atomic E-state index is 6.18. The lowest BCUT2D eigenvalue weighted by Gasteiger charge is -2.05. The van der Waals surface area contributed by atoms with Crippen molar-refractivity contribution in [1.82, 2.24) is 0 Å². The van der Waals surface area contributed by atoms with E-state index >= 15 is 0 Å². The molecule has 0 radical (unpaired) electrons. The van der Waals surface area contributed by atoms with Crippen molar-refractivity contribution in [3.63, 3.8) is 0 Å². The van der Waals surface area contributed by atoms with E-state index in [2.05, 4.69) is 19.1 Å². The SMILES string of the molecule is CCc1ccc(-c2ccc(Cl)cc2)cc1Cl. The first-order valence-electron chi connectivity index (χ1n) is 5.25. The quantitative estimate of drug-likeness (QED) is 0.686. The van der Waals surface area contributed by atoms with E-state index in [1.54, 1.807) is 0 Å². The molecule has 0 saturated heterocycles. The zero-order valence-electron chi connectivity index (χ0n) is 9.00. The van der Waals surface area contributed by atoms with Crippen LogP contribution in [0.15, 0.2) is 42.5 Å². The highest BCUT2D eigenvalue weighted by Crippen LogP contribution is 2.26. The van der Waals surface area contributed by atoms with E-state index in [-0.39, 0.29) is 0 Å². The lowest BCUT2D eigenvalue weighted by atomic mass is 10.0. The van der Waals surface area contributed by atoms with E-state index in [0.29, 0.717) is 0 Å². The summed E-state index contributed by atoms with van der Waals surface area (Å²) in [5.74, 6) is 0. The molecular weight excluding hydrogens is 239 g/mol. The van der Waals surface area contributed by atoms with Crippen molar-refractivity contribution in [2.24, 2.45) is 0 Å². The molecule has 0 nitrogen and oxygen atoms in total. The van der Waals surface area contributed by atoms with Crippen LogP contribution in [0, 0.1) is 0 Å². The summed E-state index contributed by atoms with van der Waals surface area (Å²) in [4.78, 5) is 0. The van der Waals surface area contributed by atoms with Crippen LogP contribution in [-0.2, 0) is 6.42 Å². The predicted octanol–water partition coefficient (Wildman–Crippen LogP) is 5.22. The van der Waals surface area contributed by atoms with Crippen LogP contribution in [0.5, 0.6) is 0 Å². The molecule has 0 fully saturated rings. The Hall–Kier alpha value is -0.980. The minimum absolute atomic E-state index is 0.750. The monoisotopic (exact) mass is 250 g/mol. The molecule has 0 spiro atoms. The van der Waals surface area contributed by atoms with Crippen LogP contribution in [0.3, 0.4) is 0 Å². The van der Waals surface area contributed by atoms with Crippen molar-refractivity contribution in [1.29, 1.82) is 0 Å². The molecule has 0 unspecified atom stereocenters. The van der Waals surface area contributed by atoms with E-state index in [4.69, 9.17) is 23.2 Å². The van der Waals surface area contributed by atoms with Crippen molar-refractivity contribution in [3.05, 3.63) is 58.1 Å². The van der Waals surface area contributed by atoms with Gasteiger partial charge in [0.05, 0.1) is 0 Å². The molecule has 0 saturated carbocycles. The van der Waals surface area contributed by atoms with Crippen molar-refractivity contribution in [2.75, 3.05) is 0 Å². The fourth-order valence-electron chi connectivity index (χ4n) is 1.66. The van der Waals surface area contributed by atoms with Gasteiger partial charge in [0.2, 0.25) is 0 Å². The van der Waals surface area contributed by atoms with Crippen molar-refractivity contribution < 1.29 is 0 Å². The van der Waals surface area contributed by atoms with Gasteiger partial charge in [-0.25, -0.2) is 0 Å². The topological polar surface area (TPSA) is 0 Å². The van der Waals surface area contributed by atoms with Crippen LogP contribution in [0.2, 0.25) is 10.0 Å². The third kappa shape index (κ3) is 2.40. The molecule has 0 bridgehead atoms. The Morgan fingerprint density at radius 2 is 1.50 bits per heavy atom. The van der Waals surface area contributed by atoms with E-state index in [9.17, 15) is 0 Å². The van der Waals surface area contributed by atoms with Gasteiger partial charge in [-0.1, -0.05) is 54.4 Å². The van der Waals surface area contributed by atoms with Gasteiger partial charge in [0.25, 0.3) is 0 Å². The molecule has 0 amide bonds. The average molecular weight is 251 g/mol. The van der Waals surface area contributed by atoms with Gasteiger partial charge in [0, 0.05) is 10.0 Å². The van der Waals surface area contributed by atoms with Crippen molar-refractivity contribution >= 4 is 23.2 Å². The molecule has 0 atom stereocenters. The first-order valence-corrected chi connectivity index (χ1v) is 6.00. The first-order chi connectivity index (χ1) is 7.70. The van der Waals surface area contributed by atoms with Crippen LogP contribution < -0.4 is 0 Å². The maximum atomic E-state index is 6.18. The van der Waals surface area contributed by atoms with E-state index < -0.39 is 0 Å². The molecule has 2 aromatic rings. The zero-order valence-corrected chi connectivity index (χ0v) is 10.5. The standard InChI is InChI=1S/C14H12Cl2/c1-2-10-3-4-12(9-14(10)16)11-5-7-13(15)8-6-11/h3-9H,2H2,1H3. The highest BCUT2D eigenvalue weighted by molar-refractivity contribution is 6.31. The third-order valence-corrected chi connectivity index (χ3v) is 3.22. The lowest BCUT2D eigenvalue weighted by molar-refractivity contribution is 1.14. The van der Waals surface area contributed by atoms with Gasteiger partial charge in [-0.2, -0.15) is 0 Å². The Labute approximate surface area is 106 Å². The summed E-state index contributed by atoms with van der Waals surface area (Å²) in [5.41, 5.74) is 3.44. The number of halogens is 2. The molecule has 0 N–H and O–H groups in total. The van der Waals surface area contributed by atoms with Gasteiger partial charge in [0.1, 0.15) is 0 Å². The summed E-state index contributed by atoms with van der Waals surface area (Å²) in [6.07, 6.45) is 0.958. The molecule has 0 aliphatic carbocycles. The van der Waals surface area contributed by atoms with Gasteiger partial charge in [0.15, 0.2) is 0 Å². The van der Waals surface area contributed by atoms with Gasteiger partial charge in [-0.05, 0) is 41.3 Å². The highest BCUT2D eigenvalue weighted by atomic mass is 35.5. The Balaban J connectivity index is 2.41. The number of rotatable bonds is 2. The summed E-state index contributed by atoms with van der Waals surface area (Å²) in [6.45, 7) is 2.10. The number of aryl methyl sites for hydroxylation is 1. The van der Waals surface area contributed by atoms with Crippen LogP contribution in [0.4, 0.5) is 0 Å². The summed E-state index contributed by atoms with van der Waals surface area (Å²) in [5, 5.41) is 1.58. The zero-order chi connectivity index (χ0) is 11.5. The molecule has 0 aromatic heterocycles. The normalized spacial score (nSPS) is 10.4. The molecule has 0 aliphatic heterocycles. The second-order valence-corrected chi connectivity index (χ2v) is 4.51. The predicted molar refractivity (Wildman–Crippen MR) is 71.3 cm³/mol. The van der Waals surface area contributed by atoms with Gasteiger partial charge in [-0.15, -0.1) is 0 Å². The molecule has 0 aliphatic rings. The first kappa shape index (κ1) is 11.5. The summed E-state index contributed by atoms with van der Waals surface area (Å²) < 4.78 is 0. The summed E-state index contributed by atoms with van der Waals surface area (Å²) >= 11 is 12.0. The fourth-order valence-corrected chi connectivity index (χ4v) is 2.10. The van der Waals surface area contributed by atoms with Crippen LogP contribution in [-0.4, -0.2) is 0 Å². The Kier molecular flexibility index (Phi) is 3.52. The van der Waals surface area contributed by atoms with E-state index in [0.717, 1.165) is 27.6 Å². The molecule has 2 rings (SSSR count). The van der Waals surface area contributed by atoms with E-state index in [1.165, 1.54) is 5.56 Å². The third-order valence-electron chi connectivity index (χ3n) is 2.61. The lowest BCUT2D eigenvalue weighted by Crippen LogP contribution is -1.84. The van der Waals surface area contributed by atoms with Gasteiger partial charge >= 0.3 is 0 Å². The Bertz CT molecular complexity index is 487. The maximum Gasteiger partial charge on any atom is 0.0444 e. The number of hydrogen-bond donors (Lipinski definition) is 0. The minimum atomic E-state index is 0.750. The molecule has 0 heterocycles. The second-order valence-electron chi connectivity index (χ2n) is 3.67. The second kappa shape index (κ2) is 4.90. The van der Waals surface area contributed by atoms with Crippen LogP contribution in [0.1, 0.15) is 12.5 Å². The van der Waals surface area contributed by atoms with E-state index in [1.807, 2.05) is 30.3 Å². The van der Waals surface area contributed by atoms with Gasteiger partial charge in [-0.3, -0.25) is 0 Å². The van der Waals surface area contributed by atoms with Gasteiger partial charge < -0.3 is 0 Å². The molecule has 2 heteroatoms. The summed E-state index contributed by atoms with van der Waals surface area (Å²) in [6, 6.07) is 13.9. The van der Waals surface area contributed by atoms with Crippen LogP contribution in [0.25, 0.3) is 11.1 Å². The van der Waals surface area contributed by atoms with Crippen molar-refractivity contribution in [2.45, 2.75) is 13.3 Å². The van der Waals surface area contributed by atoms with Crippen molar-refractivity contribution in [3.8, 4) is 11.1 Å². The number of hydrogen-bond acceptors (Lipinski definition) is 0. The Morgan fingerprint density at radius 1 is 0.875 bits per heavy atom. The average Bonchev–Trinajstić information content (AvgIpc) is 2.30.